The second-order valence-corrected chi connectivity index (χ2v) is 5.30. The molecule has 2 aromatic carbocycles. The SMILES string of the molecule is C[C@@H](O)CNC(=O)c1cccc(OCc2ccc(C#N)c(F)c2)c1. The highest BCUT2D eigenvalue weighted by Crippen LogP contribution is 2.16. The summed E-state index contributed by atoms with van der Waals surface area (Å²) in [5.41, 5.74) is 0.963. The molecule has 2 aromatic rings. The lowest BCUT2D eigenvalue weighted by Gasteiger charge is -2.10. The van der Waals surface area contributed by atoms with Crippen molar-refractivity contribution in [1.82, 2.24) is 5.32 Å². The molecule has 0 saturated heterocycles. The summed E-state index contributed by atoms with van der Waals surface area (Å²) in [5, 5.41) is 20.5. The van der Waals surface area contributed by atoms with Gasteiger partial charge in [0.05, 0.1) is 11.7 Å². The minimum atomic E-state index is -0.625. The van der Waals surface area contributed by atoms with Crippen molar-refractivity contribution in [3.8, 4) is 11.8 Å². The smallest absolute Gasteiger partial charge is 0.251 e. The van der Waals surface area contributed by atoms with Crippen molar-refractivity contribution in [2.24, 2.45) is 0 Å². The topological polar surface area (TPSA) is 82.3 Å². The summed E-state index contributed by atoms with van der Waals surface area (Å²) in [6, 6.07) is 12.6. The van der Waals surface area contributed by atoms with Crippen molar-refractivity contribution in [3.63, 3.8) is 0 Å². The first kappa shape index (κ1) is 17.4. The molecule has 0 aromatic heterocycles. The molecule has 0 saturated carbocycles. The molecule has 1 atom stereocenters. The number of hydrogen-bond acceptors (Lipinski definition) is 4. The number of nitrogens with one attached hydrogen (secondary N) is 1. The third kappa shape index (κ3) is 4.80. The number of carbonyl (C=O) groups excluding carboxylic acids is 1. The van der Waals surface area contributed by atoms with Crippen LogP contribution in [0, 0.1) is 17.1 Å². The summed E-state index contributed by atoms with van der Waals surface area (Å²) in [5.74, 6) is -0.444. The molecule has 1 amide bonds. The molecule has 24 heavy (non-hydrogen) atoms. The van der Waals surface area contributed by atoms with Gasteiger partial charge in [-0.3, -0.25) is 4.79 Å². The fourth-order valence-electron chi connectivity index (χ4n) is 1.98. The molecule has 5 nitrogen and oxygen atoms in total. The van der Waals surface area contributed by atoms with Gasteiger partial charge in [-0.25, -0.2) is 4.39 Å². The molecule has 0 spiro atoms. The normalized spacial score (nSPS) is 11.4. The highest BCUT2D eigenvalue weighted by Gasteiger charge is 2.08. The number of nitrogens with zero attached hydrogens (tertiary/aromatic N) is 1. The zero-order valence-corrected chi connectivity index (χ0v) is 13.1. The van der Waals surface area contributed by atoms with Crippen LogP contribution in [0.1, 0.15) is 28.4 Å². The summed E-state index contributed by atoms with van der Waals surface area (Å²) in [7, 11) is 0. The molecule has 6 heteroatoms. The molecule has 0 heterocycles. The van der Waals surface area contributed by atoms with E-state index in [-0.39, 0.29) is 24.6 Å². The first-order valence-electron chi connectivity index (χ1n) is 7.37. The van der Waals surface area contributed by atoms with Gasteiger partial charge in [-0.1, -0.05) is 12.1 Å². The van der Waals surface area contributed by atoms with Crippen LogP contribution in [0.3, 0.4) is 0 Å². The van der Waals surface area contributed by atoms with Crippen LogP contribution in [0.15, 0.2) is 42.5 Å². The first-order valence-corrected chi connectivity index (χ1v) is 7.37. The fraction of sp³-hybridized carbons (Fsp3) is 0.222. The van der Waals surface area contributed by atoms with Gasteiger partial charge in [-0.05, 0) is 42.8 Å². The molecule has 0 bridgehead atoms. The van der Waals surface area contributed by atoms with E-state index in [2.05, 4.69) is 5.32 Å². The van der Waals surface area contributed by atoms with Gasteiger partial charge in [0.15, 0.2) is 0 Å². The Morgan fingerprint density at radius 3 is 2.83 bits per heavy atom. The van der Waals surface area contributed by atoms with Gasteiger partial charge in [0.25, 0.3) is 5.91 Å². The van der Waals surface area contributed by atoms with Crippen molar-refractivity contribution in [2.75, 3.05) is 6.54 Å². The summed E-state index contributed by atoms with van der Waals surface area (Å²) >= 11 is 0. The van der Waals surface area contributed by atoms with Crippen LogP contribution in [-0.4, -0.2) is 23.7 Å². The zero-order valence-electron chi connectivity index (χ0n) is 13.1. The molecule has 0 fully saturated rings. The monoisotopic (exact) mass is 328 g/mol. The highest BCUT2D eigenvalue weighted by molar-refractivity contribution is 5.94. The number of ether oxygens (including phenoxy) is 1. The number of halogens is 1. The third-order valence-corrected chi connectivity index (χ3v) is 3.21. The minimum Gasteiger partial charge on any atom is -0.489 e. The standard InChI is InChI=1S/C18H17FN2O3/c1-12(22)10-21-18(23)14-3-2-4-16(8-14)24-11-13-5-6-15(9-20)17(19)7-13/h2-8,12,22H,10-11H2,1H3,(H,21,23)/t12-/m1/s1. The van der Waals surface area contributed by atoms with Crippen LogP contribution >= 0.6 is 0 Å². The van der Waals surface area contributed by atoms with E-state index < -0.39 is 11.9 Å². The number of carbonyl (C=O) groups is 1. The van der Waals surface area contributed by atoms with Crippen molar-refractivity contribution in [3.05, 3.63) is 65.0 Å². The lowest BCUT2D eigenvalue weighted by molar-refractivity contribution is 0.0923. The first-order chi connectivity index (χ1) is 11.5. The van der Waals surface area contributed by atoms with Crippen LogP contribution in [0.2, 0.25) is 0 Å². The molecule has 0 radical (unpaired) electrons. The van der Waals surface area contributed by atoms with Crippen LogP contribution in [0.4, 0.5) is 4.39 Å². The summed E-state index contributed by atoms with van der Waals surface area (Å²) in [4.78, 5) is 11.9. The Labute approximate surface area is 139 Å². The maximum atomic E-state index is 13.5. The Morgan fingerprint density at radius 1 is 1.38 bits per heavy atom. The summed E-state index contributed by atoms with van der Waals surface area (Å²) in [6.07, 6.45) is -0.625. The van der Waals surface area contributed by atoms with Crippen molar-refractivity contribution in [2.45, 2.75) is 19.6 Å². The second kappa shape index (κ2) is 8.09. The van der Waals surface area contributed by atoms with Crippen LogP contribution in [0.25, 0.3) is 0 Å². The van der Waals surface area contributed by atoms with Crippen LogP contribution < -0.4 is 10.1 Å². The van der Waals surface area contributed by atoms with Gasteiger partial charge in [-0.2, -0.15) is 5.26 Å². The molecule has 0 aliphatic heterocycles. The van der Waals surface area contributed by atoms with E-state index in [0.717, 1.165) is 0 Å². The van der Waals surface area contributed by atoms with Gasteiger partial charge < -0.3 is 15.2 Å². The Bertz CT molecular complexity index is 769. The Kier molecular flexibility index (Phi) is 5.88. The lowest BCUT2D eigenvalue weighted by Crippen LogP contribution is -2.30. The van der Waals surface area contributed by atoms with Gasteiger partial charge in [0.1, 0.15) is 24.2 Å². The van der Waals surface area contributed by atoms with Gasteiger partial charge in [-0.15, -0.1) is 0 Å². The molecular weight excluding hydrogens is 311 g/mol. The van der Waals surface area contributed by atoms with Crippen molar-refractivity contribution < 1.29 is 19.0 Å². The Balaban J connectivity index is 2.01. The number of hydrogen-bond donors (Lipinski definition) is 2. The fourth-order valence-corrected chi connectivity index (χ4v) is 1.98. The van der Waals surface area contributed by atoms with E-state index in [1.54, 1.807) is 43.3 Å². The zero-order chi connectivity index (χ0) is 17.5. The van der Waals surface area contributed by atoms with E-state index in [0.29, 0.717) is 16.9 Å². The van der Waals surface area contributed by atoms with Crippen LogP contribution in [0.5, 0.6) is 5.75 Å². The van der Waals surface area contributed by atoms with E-state index in [1.165, 1.54) is 12.1 Å². The second-order valence-electron chi connectivity index (χ2n) is 5.30. The number of benzene rings is 2. The number of aliphatic hydroxyl groups excluding tert-OH is 1. The van der Waals surface area contributed by atoms with Gasteiger partial charge >= 0.3 is 0 Å². The summed E-state index contributed by atoms with van der Waals surface area (Å²) in [6.45, 7) is 1.85. The quantitative estimate of drug-likeness (QED) is 0.853. The van der Waals surface area contributed by atoms with Crippen molar-refractivity contribution in [1.29, 1.82) is 5.26 Å². The Hall–Kier alpha value is -2.91. The van der Waals surface area contributed by atoms with Gasteiger partial charge in [0.2, 0.25) is 0 Å². The molecule has 2 rings (SSSR count). The number of amides is 1. The molecule has 2 N–H and O–H groups in total. The third-order valence-electron chi connectivity index (χ3n) is 3.21. The average Bonchev–Trinajstić information content (AvgIpc) is 2.58. The average molecular weight is 328 g/mol. The van der Waals surface area contributed by atoms with E-state index >= 15 is 0 Å². The minimum absolute atomic E-state index is 0.0180. The maximum Gasteiger partial charge on any atom is 0.251 e. The van der Waals surface area contributed by atoms with Crippen LogP contribution in [-0.2, 0) is 6.61 Å². The molecule has 124 valence electrons. The van der Waals surface area contributed by atoms with Crippen molar-refractivity contribution >= 4 is 5.91 Å². The lowest BCUT2D eigenvalue weighted by atomic mass is 10.1. The molecule has 0 aliphatic rings. The molecule has 0 aliphatic carbocycles. The number of aliphatic hydroxyl groups is 1. The van der Waals surface area contributed by atoms with E-state index in [9.17, 15) is 14.3 Å². The largest absolute Gasteiger partial charge is 0.489 e. The summed E-state index contributed by atoms with van der Waals surface area (Å²) < 4.78 is 19.1. The highest BCUT2D eigenvalue weighted by atomic mass is 19.1. The maximum absolute atomic E-state index is 13.5. The number of nitriles is 1. The Morgan fingerprint density at radius 2 is 2.17 bits per heavy atom. The van der Waals surface area contributed by atoms with E-state index in [4.69, 9.17) is 10.00 Å². The molecular formula is C18H17FN2O3. The number of rotatable bonds is 6. The van der Waals surface area contributed by atoms with Gasteiger partial charge in [0, 0.05) is 12.1 Å². The predicted octanol–water partition coefficient (Wildman–Crippen LogP) is 2.39. The predicted molar refractivity (Wildman–Crippen MR) is 85.9 cm³/mol. The molecule has 0 unspecified atom stereocenters. The van der Waals surface area contributed by atoms with E-state index in [1.807, 2.05) is 0 Å².